The van der Waals surface area contributed by atoms with E-state index in [-0.39, 0.29) is 10.1 Å². The van der Waals surface area contributed by atoms with E-state index >= 15 is 0 Å². The molecule has 0 radical (unpaired) electrons. The van der Waals surface area contributed by atoms with E-state index in [1.54, 1.807) is 11.4 Å². The van der Waals surface area contributed by atoms with Crippen LogP contribution in [-0.2, 0) is 15.6 Å². The van der Waals surface area contributed by atoms with E-state index in [0.717, 1.165) is 28.9 Å². The van der Waals surface area contributed by atoms with Crippen molar-refractivity contribution in [2.24, 2.45) is 11.1 Å². The van der Waals surface area contributed by atoms with Crippen LogP contribution in [-0.4, -0.2) is 13.5 Å². The molecule has 0 bridgehead atoms. The van der Waals surface area contributed by atoms with Gasteiger partial charge in [-0.1, -0.05) is 80.9 Å². The van der Waals surface area contributed by atoms with Crippen LogP contribution in [0.3, 0.4) is 0 Å². The third-order valence-electron chi connectivity index (χ3n) is 5.34. The molecular weight excluding hydrogens is 390 g/mol. The summed E-state index contributed by atoms with van der Waals surface area (Å²) in [7, 11) is -3.89. The Labute approximate surface area is 170 Å². The van der Waals surface area contributed by atoms with Crippen molar-refractivity contribution in [1.29, 1.82) is 0 Å². The minimum atomic E-state index is -3.89. The molecule has 0 spiro atoms. The van der Waals surface area contributed by atoms with Gasteiger partial charge in [0.05, 0.1) is 0 Å². The average Bonchev–Trinajstić information content (AvgIpc) is 3.19. The van der Waals surface area contributed by atoms with Crippen molar-refractivity contribution < 1.29 is 13.5 Å². The van der Waals surface area contributed by atoms with Crippen molar-refractivity contribution in [2.45, 2.75) is 36.0 Å². The molecule has 4 nitrogen and oxygen atoms in total. The maximum absolute atomic E-state index is 12.2. The van der Waals surface area contributed by atoms with Crippen LogP contribution < -0.4 is 5.14 Å². The fraction of sp³-hybridized carbons (Fsp3) is 0.273. The van der Waals surface area contributed by atoms with Gasteiger partial charge in [0.25, 0.3) is 0 Å². The lowest BCUT2D eigenvalue weighted by molar-refractivity contribution is 0.0277. The Morgan fingerprint density at radius 2 is 1.50 bits per heavy atom. The van der Waals surface area contributed by atoms with E-state index in [1.807, 2.05) is 74.5 Å². The van der Waals surface area contributed by atoms with Crippen LogP contribution in [0.5, 0.6) is 0 Å². The number of nitrogens with two attached hydrogens (primary N) is 1. The van der Waals surface area contributed by atoms with Gasteiger partial charge in [-0.15, -0.1) is 11.3 Å². The Kier molecular flexibility index (Phi) is 6.05. The fourth-order valence-corrected chi connectivity index (χ4v) is 5.75. The molecule has 0 fully saturated rings. The highest BCUT2D eigenvalue weighted by molar-refractivity contribution is 7.91. The molecule has 2 atom stereocenters. The first-order valence-corrected chi connectivity index (χ1v) is 11.7. The largest absolute Gasteiger partial charge is 0.380 e. The summed E-state index contributed by atoms with van der Waals surface area (Å²) < 4.78 is 24.6. The number of hydrogen-bond donors (Lipinski definition) is 2. The third kappa shape index (κ3) is 3.78. The number of benzene rings is 2. The van der Waals surface area contributed by atoms with E-state index < -0.39 is 21.5 Å². The maximum atomic E-state index is 12.2. The summed E-state index contributed by atoms with van der Waals surface area (Å²) in [5, 5.41) is 19.5. The number of thiophene rings is 1. The first-order valence-electron chi connectivity index (χ1n) is 9.23. The topological polar surface area (TPSA) is 80.4 Å². The van der Waals surface area contributed by atoms with Gasteiger partial charge < -0.3 is 5.11 Å². The Hall–Kier alpha value is -1.99. The van der Waals surface area contributed by atoms with Gasteiger partial charge in [0.1, 0.15) is 9.81 Å². The zero-order valence-electron chi connectivity index (χ0n) is 15.9. The number of hydrogen-bond acceptors (Lipinski definition) is 4. The first-order chi connectivity index (χ1) is 13.3. The molecule has 0 aliphatic carbocycles. The summed E-state index contributed by atoms with van der Waals surface area (Å²) in [6.07, 6.45) is 0.770. The zero-order chi connectivity index (χ0) is 20.4. The molecule has 1 heterocycles. The second kappa shape index (κ2) is 8.17. The summed E-state index contributed by atoms with van der Waals surface area (Å²) in [6, 6.07) is 20.6. The van der Waals surface area contributed by atoms with E-state index in [0.29, 0.717) is 5.56 Å². The Morgan fingerprint density at radius 1 is 1.00 bits per heavy atom. The number of primary sulfonamides is 1. The van der Waals surface area contributed by atoms with Gasteiger partial charge in [-0.25, -0.2) is 13.6 Å². The van der Waals surface area contributed by atoms with Gasteiger partial charge in [0.2, 0.25) is 10.0 Å². The third-order valence-corrected chi connectivity index (χ3v) is 7.80. The molecule has 3 N–H and O–H groups in total. The average molecular weight is 416 g/mol. The normalized spacial score (nSPS) is 14.6. The summed E-state index contributed by atoms with van der Waals surface area (Å²) in [6.45, 7) is 4.07. The predicted octanol–water partition coefficient (Wildman–Crippen LogP) is 4.46. The Balaban J connectivity index is 2.33. The molecule has 3 aromatic rings. The van der Waals surface area contributed by atoms with E-state index in [1.165, 1.54) is 0 Å². The summed E-state index contributed by atoms with van der Waals surface area (Å²) in [5.74, 6) is -0.484. The summed E-state index contributed by atoms with van der Waals surface area (Å²) in [4.78, 5) is 0. The van der Waals surface area contributed by atoms with Crippen molar-refractivity contribution in [2.75, 3.05) is 0 Å². The SMILES string of the molecule is CC[C@H](C)[C@@H](c1ccsc1S(N)(=O)=O)C(O)(c1ccccc1)c1ccccc1. The van der Waals surface area contributed by atoms with Crippen LogP contribution >= 0.6 is 11.3 Å². The van der Waals surface area contributed by atoms with Crippen molar-refractivity contribution in [3.05, 3.63) is 88.8 Å². The van der Waals surface area contributed by atoms with Gasteiger partial charge in [0.15, 0.2) is 0 Å². The molecule has 0 amide bonds. The highest BCUT2D eigenvalue weighted by Gasteiger charge is 2.45. The molecule has 0 saturated carbocycles. The molecule has 28 heavy (non-hydrogen) atoms. The van der Waals surface area contributed by atoms with Crippen LogP contribution in [0.1, 0.15) is 42.9 Å². The summed E-state index contributed by atoms with van der Waals surface area (Å²) >= 11 is 1.10. The molecule has 148 valence electrons. The van der Waals surface area contributed by atoms with E-state index in [2.05, 4.69) is 0 Å². The molecule has 0 saturated heterocycles. The van der Waals surface area contributed by atoms with Crippen LogP contribution in [0.2, 0.25) is 0 Å². The van der Waals surface area contributed by atoms with Gasteiger partial charge >= 0.3 is 0 Å². The van der Waals surface area contributed by atoms with Gasteiger partial charge in [-0.3, -0.25) is 0 Å². The monoisotopic (exact) mass is 415 g/mol. The van der Waals surface area contributed by atoms with Crippen molar-refractivity contribution in [3.8, 4) is 0 Å². The Morgan fingerprint density at radius 3 is 1.93 bits per heavy atom. The van der Waals surface area contributed by atoms with Crippen LogP contribution in [0.25, 0.3) is 0 Å². The lowest BCUT2D eigenvalue weighted by Crippen LogP contribution is -2.39. The second-order valence-corrected chi connectivity index (χ2v) is 9.74. The quantitative estimate of drug-likeness (QED) is 0.598. The van der Waals surface area contributed by atoms with Crippen LogP contribution in [0.4, 0.5) is 0 Å². The van der Waals surface area contributed by atoms with Crippen LogP contribution in [0.15, 0.2) is 76.3 Å². The van der Waals surface area contributed by atoms with E-state index in [4.69, 9.17) is 5.14 Å². The molecule has 1 aromatic heterocycles. The highest BCUT2D eigenvalue weighted by atomic mass is 32.2. The van der Waals surface area contributed by atoms with Crippen molar-refractivity contribution in [3.63, 3.8) is 0 Å². The number of sulfonamides is 1. The fourth-order valence-electron chi connectivity index (χ4n) is 3.86. The Bertz CT molecular complexity index is 975. The summed E-state index contributed by atoms with van der Waals surface area (Å²) in [5.41, 5.74) is 0.603. The zero-order valence-corrected chi connectivity index (χ0v) is 17.6. The smallest absolute Gasteiger partial charge is 0.247 e. The van der Waals surface area contributed by atoms with Gasteiger partial charge in [-0.2, -0.15) is 0 Å². The minimum Gasteiger partial charge on any atom is -0.380 e. The standard InChI is InChI=1S/C22H25NO3S2/c1-3-16(2)20(19-14-15-27-21(19)28(23,25)26)22(24,17-10-6-4-7-11-17)18-12-8-5-9-13-18/h4-16,20,24H,3H2,1-2H3,(H2,23,25,26)/t16-,20-/m0/s1. The highest BCUT2D eigenvalue weighted by Crippen LogP contribution is 2.49. The number of rotatable bonds is 7. The molecule has 0 aliphatic rings. The molecule has 6 heteroatoms. The lowest BCUT2D eigenvalue weighted by atomic mass is 9.68. The molecule has 2 aromatic carbocycles. The molecular formula is C22H25NO3S2. The number of aliphatic hydroxyl groups is 1. The van der Waals surface area contributed by atoms with Gasteiger partial charge in [0, 0.05) is 5.92 Å². The maximum Gasteiger partial charge on any atom is 0.247 e. The lowest BCUT2D eigenvalue weighted by Gasteiger charge is -2.41. The minimum absolute atomic E-state index is 0.000474. The predicted molar refractivity (Wildman–Crippen MR) is 114 cm³/mol. The molecule has 0 unspecified atom stereocenters. The molecule has 0 aliphatic heterocycles. The van der Waals surface area contributed by atoms with Crippen molar-refractivity contribution >= 4 is 21.4 Å². The van der Waals surface area contributed by atoms with Crippen LogP contribution in [0, 0.1) is 5.92 Å². The first kappa shape index (κ1) is 20.7. The van der Waals surface area contributed by atoms with Crippen molar-refractivity contribution in [1.82, 2.24) is 0 Å². The van der Waals surface area contributed by atoms with Gasteiger partial charge in [-0.05, 0) is 34.1 Å². The second-order valence-electron chi connectivity index (χ2n) is 7.07. The van der Waals surface area contributed by atoms with E-state index in [9.17, 15) is 13.5 Å². The molecule has 3 rings (SSSR count).